The van der Waals surface area contributed by atoms with Gasteiger partial charge < -0.3 is 15.7 Å². The number of carboxylic acids is 1. The van der Waals surface area contributed by atoms with Gasteiger partial charge in [0.2, 0.25) is 11.8 Å². The van der Waals surface area contributed by atoms with Crippen molar-refractivity contribution in [2.75, 3.05) is 5.32 Å². The molecule has 19 heavy (non-hydrogen) atoms. The quantitative estimate of drug-likeness (QED) is 0.781. The van der Waals surface area contributed by atoms with Crippen LogP contribution in [-0.4, -0.2) is 28.9 Å². The number of carboxylic acid groups (broad SMARTS) is 1. The lowest BCUT2D eigenvalue weighted by Crippen LogP contribution is -2.37. The third kappa shape index (κ3) is 3.11. The number of halogens is 1. The lowest BCUT2D eigenvalue weighted by Gasteiger charge is -2.12. The third-order valence-corrected chi connectivity index (χ3v) is 3.44. The molecule has 2 rings (SSSR count). The van der Waals surface area contributed by atoms with Gasteiger partial charge in [-0.2, -0.15) is 0 Å². The first-order valence-corrected chi connectivity index (χ1v) is 6.40. The first-order chi connectivity index (χ1) is 8.97. The zero-order valence-electron chi connectivity index (χ0n) is 9.77. The predicted octanol–water partition coefficient (Wildman–Crippen LogP) is 1.36. The van der Waals surface area contributed by atoms with Gasteiger partial charge in [0.25, 0.3) is 0 Å². The first-order valence-electron chi connectivity index (χ1n) is 5.60. The maximum absolute atomic E-state index is 11.9. The molecule has 7 heteroatoms. The Bertz CT molecular complexity index is 559. The lowest BCUT2D eigenvalue weighted by molar-refractivity contribution is -0.122. The Labute approximate surface area is 117 Å². The molecule has 0 radical (unpaired) electrons. The highest BCUT2D eigenvalue weighted by atomic mass is 79.9. The topological polar surface area (TPSA) is 95.5 Å². The van der Waals surface area contributed by atoms with Gasteiger partial charge in [-0.1, -0.05) is 0 Å². The van der Waals surface area contributed by atoms with E-state index in [1.54, 1.807) is 0 Å². The molecule has 0 bridgehead atoms. The van der Waals surface area contributed by atoms with E-state index in [9.17, 15) is 14.4 Å². The molecular weight excluding hydrogens is 316 g/mol. The monoisotopic (exact) mass is 326 g/mol. The third-order valence-electron chi connectivity index (χ3n) is 2.79. The van der Waals surface area contributed by atoms with Gasteiger partial charge in [-0.25, -0.2) is 4.79 Å². The van der Waals surface area contributed by atoms with Gasteiger partial charge in [-0.05, 0) is 40.5 Å². The van der Waals surface area contributed by atoms with Crippen LogP contribution < -0.4 is 10.6 Å². The normalized spacial score (nSPS) is 17.9. The van der Waals surface area contributed by atoms with E-state index < -0.39 is 12.0 Å². The highest BCUT2D eigenvalue weighted by molar-refractivity contribution is 9.10. The molecule has 2 amide bonds. The number of aromatic carboxylic acids is 1. The minimum Gasteiger partial charge on any atom is -0.478 e. The van der Waals surface area contributed by atoms with E-state index in [0.29, 0.717) is 23.0 Å². The van der Waals surface area contributed by atoms with Crippen molar-refractivity contribution in [1.82, 2.24) is 5.32 Å². The SMILES string of the molecule is O=C1CC[C@H](C(=O)Nc2ccc(C(=O)O)cc2Br)N1. The highest BCUT2D eigenvalue weighted by Crippen LogP contribution is 2.24. The van der Waals surface area contributed by atoms with Crippen LogP contribution in [0, 0.1) is 0 Å². The Balaban J connectivity index is 2.09. The second-order valence-electron chi connectivity index (χ2n) is 4.15. The Hall–Kier alpha value is -1.89. The van der Waals surface area contributed by atoms with Crippen molar-refractivity contribution in [3.63, 3.8) is 0 Å². The Morgan fingerprint density at radius 2 is 2.16 bits per heavy atom. The van der Waals surface area contributed by atoms with Crippen molar-refractivity contribution in [2.24, 2.45) is 0 Å². The predicted molar refractivity (Wildman–Crippen MR) is 70.9 cm³/mol. The summed E-state index contributed by atoms with van der Waals surface area (Å²) >= 11 is 3.20. The summed E-state index contributed by atoms with van der Waals surface area (Å²) in [6.45, 7) is 0. The molecule has 0 aliphatic carbocycles. The van der Waals surface area contributed by atoms with Crippen LogP contribution in [0.2, 0.25) is 0 Å². The molecule has 1 aromatic rings. The minimum atomic E-state index is -1.04. The first kappa shape index (κ1) is 13.5. The molecule has 0 aromatic heterocycles. The Morgan fingerprint density at radius 1 is 1.42 bits per heavy atom. The number of hydrogen-bond acceptors (Lipinski definition) is 3. The van der Waals surface area contributed by atoms with E-state index in [1.165, 1.54) is 18.2 Å². The van der Waals surface area contributed by atoms with Crippen LogP contribution in [0.15, 0.2) is 22.7 Å². The van der Waals surface area contributed by atoms with Gasteiger partial charge in [0.15, 0.2) is 0 Å². The fraction of sp³-hybridized carbons (Fsp3) is 0.250. The molecule has 3 N–H and O–H groups in total. The van der Waals surface area contributed by atoms with Crippen molar-refractivity contribution < 1.29 is 19.5 Å². The zero-order chi connectivity index (χ0) is 14.0. The summed E-state index contributed by atoms with van der Waals surface area (Å²) in [5.74, 6) is -1.49. The number of hydrogen-bond donors (Lipinski definition) is 3. The molecule has 6 nitrogen and oxygen atoms in total. The molecule has 1 aromatic carbocycles. The summed E-state index contributed by atoms with van der Waals surface area (Å²) in [6.07, 6.45) is 0.812. The Kier molecular flexibility index (Phi) is 3.84. The molecule has 1 aliphatic heterocycles. The number of amides is 2. The zero-order valence-corrected chi connectivity index (χ0v) is 11.4. The van der Waals surface area contributed by atoms with Crippen molar-refractivity contribution in [2.45, 2.75) is 18.9 Å². The fourth-order valence-corrected chi connectivity index (χ4v) is 2.26. The molecule has 0 unspecified atom stereocenters. The second kappa shape index (κ2) is 5.40. The van der Waals surface area contributed by atoms with Crippen LogP contribution in [0.25, 0.3) is 0 Å². The molecule has 100 valence electrons. The number of rotatable bonds is 3. The fourth-order valence-electron chi connectivity index (χ4n) is 1.78. The van der Waals surface area contributed by atoms with Gasteiger partial charge >= 0.3 is 5.97 Å². The van der Waals surface area contributed by atoms with Crippen LogP contribution in [-0.2, 0) is 9.59 Å². The molecule has 1 heterocycles. The number of nitrogens with one attached hydrogen (secondary N) is 2. The summed E-state index contributed by atoms with van der Waals surface area (Å²) in [4.78, 5) is 33.7. The summed E-state index contributed by atoms with van der Waals surface area (Å²) in [6, 6.07) is 3.78. The van der Waals surface area contributed by atoms with Crippen LogP contribution in [0.5, 0.6) is 0 Å². The average Bonchev–Trinajstić information content (AvgIpc) is 2.78. The maximum atomic E-state index is 11.9. The number of carbonyl (C=O) groups is 3. The molecule has 1 aliphatic rings. The molecule has 1 atom stereocenters. The average molecular weight is 327 g/mol. The van der Waals surface area contributed by atoms with Crippen molar-refractivity contribution >= 4 is 39.4 Å². The smallest absolute Gasteiger partial charge is 0.335 e. The molecule has 1 fully saturated rings. The summed E-state index contributed by atoms with van der Waals surface area (Å²) in [5, 5.41) is 14.0. The van der Waals surface area contributed by atoms with Gasteiger partial charge in [0.1, 0.15) is 6.04 Å². The largest absolute Gasteiger partial charge is 0.478 e. The summed E-state index contributed by atoms with van der Waals surface area (Å²) < 4.78 is 0.477. The van der Waals surface area contributed by atoms with E-state index in [2.05, 4.69) is 26.6 Å². The van der Waals surface area contributed by atoms with Gasteiger partial charge in [-0.3, -0.25) is 9.59 Å². The van der Waals surface area contributed by atoms with Crippen LogP contribution >= 0.6 is 15.9 Å². The maximum Gasteiger partial charge on any atom is 0.335 e. The number of carbonyl (C=O) groups excluding carboxylic acids is 2. The minimum absolute atomic E-state index is 0.124. The van der Waals surface area contributed by atoms with Crippen LogP contribution in [0.3, 0.4) is 0 Å². The highest BCUT2D eigenvalue weighted by Gasteiger charge is 2.27. The van der Waals surface area contributed by atoms with Crippen LogP contribution in [0.4, 0.5) is 5.69 Å². The van der Waals surface area contributed by atoms with Crippen molar-refractivity contribution in [3.8, 4) is 0 Å². The number of benzene rings is 1. The number of anilines is 1. The van der Waals surface area contributed by atoms with E-state index >= 15 is 0 Å². The van der Waals surface area contributed by atoms with Gasteiger partial charge in [-0.15, -0.1) is 0 Å². The molecule has 0 saturated carbocycles. The van der Waals surface area contributed by atoms with Crippen molar-refractivity contribution in [3.05, 3.63) is 28.2 Å². The Morgan fingerprint density at radius 3 is 2.68 bits per heavy atom. The van der Waals surface area contributed by atoms with E-state index in [0.717, 1.165) is 0 Å². The van der Waals surface area contributed by atoms with E-state index in [4.69, 9.17) is 5.11 Å². The van der Waals surface area contributed by atoms with E-state index in [-0.39, 0.29) is 17.4 Å². The summed E-state index contributed by atoms with van der Waals surface area (Å²) in [5.41, 5.74) is 0.593. The molecule has 0 spiro atoms. The van der Waals surface area contributed by atoms with Crippen LogP contribution in [0.1, 0.15) is 23.2 Å². The molecular formula is C12H11BrN2O4. The second-order valence-corrected chi connectivity index (χ2v) is 5.00. The lowest BCUT2D eigenvalue weighted by atomic mass is 10.2. The van der Waals surface area contributed by atoms with Gasteiger partial charge in [0.05, 0.1) is 11.3 Å². The van der Waals surface area contributed by atoms with Gasteiger partial charge in [0, 0.05) is 10.9 Å². The standard InChI is InChI=1S/C12H11BrN2O4/c13-7-5-6(12(18)19)1-2-8(7)15-11(17)9-3-4-10(16)14-9/h1-2,5,9H,3-4H2,(H,14,16)(H,15,17)(H,18,19)/t9-/m1/s1. The van der Waals surface area contributed by atoms with E-state index in [1.807, 2.05) is 0 Å². The van der Waals surface area contributed by atoms with Crippen molar-refractivity contribution in [1.29, 1.82) is 0 Å². The summed E-state index contributed by atoms with van der Waals surface area (Å²) in [7, 11) is 0. The molecule has 1 saturated heterocycles.